The molecule has 18 N–H and O–H groups in total. The molecule has 19 heavy (non-hydrogen) atoms. The number of ether oxygens (including phenoxy) is 2. The minimum Gasteiger partial charge on any atom is -0.400 e. The first kappa shape index (κ1) is 17.2. The Labute approximate surface area is 107 Å². The molecule has 0 aliphatic carbocycles. The summed E-state index contributed by atoms with van der Waals surface area (Å²) in [5.74, 6) is -6.84. The summed E-state index contributed by atoms with van der Waals surface area (Å²) >= 11 is 0. The van der Waals surface area contributed by atoms with Crippen LogP contribution in [0.5, 0.6) is 0 Å². The number of rotatable bonds is 4. The van der Waals surface area contributed by atoms with Crippen LogP contribution in [0.25, 0.3) is 0 Å². The number of hydrogen-bond acceptors (Lipinski definition) is 12. The monoisotopic (exact) mass is 282 g/mol. The van der Waals surface area contributed by atoms with Crippen molar-refractivity contribution in [2.24, 2.45) is 45.9 Å². The summed E-state index contributed by atoms with van der Waals surface area (Å²) < 4.78 is 8.52. The van der Waals surface area contributed by atoms with Crippen LogP contribution in [0.15, 0.2) is 0 Å². The first-order chi connectivity index (χ1) is 8.20. The summed E-state index contributed by atoms with van der Waals surface area (Å²) in [6.45, 7) is 0. The lowest BCUT2D eigenvalue weighted by molar-refractivity contribution is -0.0286. The van der Waals surface area contributed by atoms with Gasteiger partial charge < -0.3 is 9.47 Å². The lowest BCUT2D eigenvalue weighted by Crippen LogP contribution is -2.73. The first-order valence-corrected chi connectivity index (χ1v) is 4.53. The lowest BCUT2D eigenvalue weighted by Gasteiger charge is -2.28. The average molecular weight is 282 g/mol. The SMILES string of the molecule is NC(N)(N)NC(=O)OC(N)(N)NC(=O)OC(N)(N)N. The van der Waals surface area contributed by atoms with Gasteiger partial charge in [-0.2, -0.15) is 0 Å². The summed E-state index contributed by atoms with van der Waals surface area (Å²) in [4.78, 5) is 22.3. The van der Waals surface area contributed by atoms with Crippen LogP contribution in [0.3, 0.4) is 0 Å². The predicted octanol–water partition coefficient (Wildman–Crippen LogP) is -6.06. The van der Waals surface area contributed by atoms with Gasteiger partial charge in [0, 0.05) is 0 Å². The molecule has 0 aromatic carbocycles. The van der Waals surface area contributed by atoms with Gasteiger partial charge in [0.25, 0.3) is 5.97 Å². The summed E-state index contributed by atoms with van der Waals surface area (Å²) in [7, 11) is 0. The molecule has 14 heteroatoms. The van der Waals surface area contributed by atoms with Crippen molar-refractivity contribution in [1.29, 1.82) is 0 Å². The third kappa shape index (κ3) is 9.88. The molecule has 112 valence electrons. The normalized spacial score (nSPS) is 12.6. The largest absolute Gasteiger partial charge is 0.416 e. The third-order valence-corrected chi connectivity index (χ3v) is 1.15. The smallest absolute Gasteiger partial charge is 0.400 e. The Hall–Kier alpha value is -1.78. The van der Waals surface area contributed by atoms with E-state index in [1.807, 2.05) is 0 Å². The van der Waals surface area contributed by atoms with Crippen LogP contribution in [0.4, 0.5) is 9.59 Å². The summed E-state index contributed by atoms with van der Waals surface area (Å²) in [5, 5.41) is 3.42. The maximum atomic E-state index is 11.1. The van der Waals surface area contributed by atoms with E-state index in [0.29, 0.717) is 0 Å². The number of nitrogens with two attached hydrogens (primary N) is 8. The van der Waals surface area contributed by atoms with Gasteiger partial charge in [0.05, 0.1) is 0 Å². The van der Waals surface area contributed by atoms with Crippen molar-refractivity contribution in [2.45, 2.75) is 17.9 Å². The van der Waals surface area contributed by atoms with Gasteiger partial charge in [0.2, 0.25) is 0 Å². The zero-order chi connectivity index (χ0) is 15.5. The van der Waals surface area contributed by atoms with Crippen LogP contribution in [0, 0.1) is 0 Å². The molecule has 0 saturated heterocycles. The van der Waals surface area contributed by atoms with Crippen LogP contribution in [0.1, 0.15) is 0 Å². The van der Waals surface area contributed by atoms with Crippen LogP contribution in [-0.2, 0) is 9.47 Å². The standard InChI is InChI=1S/C5H18N10O4/c6-3(7,8)14-1(16)19-5(12,13)15-2(17)18-4(9,10)11/h6-13H2,(H,14,16)(H,15,17). The molecule has 0 bridgehead atoms. The molecule has 0 aliphatic rings. The van der Waals surface area contributed by atoms with Gasteiger partial charge in [-0.3, -0.25) is 56.5 Å². The molecule has 0 spiro atoms. The van der Waals surface area contributed by atoms with Crippen molar-refractivity contribution < 1.29 is 19.1 Å². The predicted molar refractivity (Wildman–Crippen MR) is 60.9 cm³/mol. The van der Waals surface area contributed by atoms with E-state index >= 15 is 0 Å². The van der Waals surface area contributed by atoms with Crippen LogP contribution < -0.4 is 56.5 Å². The van der Waals surface area contributed by atoms with E-state index in [9.17, 15) is 9.59 Å². The molecule has 0 atom stereocenters. The van der Waals surface area contributed by atoms with E-state index < -0.39 is 30.0 Å². The number of carbonyl (C=O) groups is 2. The molecule has 0 heterocycles. The molecule has 0 fully saturated rings. The van der Waals surface area contributed by atoms with E-state index in [1.165, 1.54) is 0 Å². The highest BCUT2D eigenvalue weighted by Crippen LogP contribution is 1.94. The maximum absolute atomic E-state index is 11.1. The Morgan fingerprint density at radius 2 is 1.16 bits per heavy atom. The number of alkyl carbamates (subject to hydrolysis) is 2. The molecule has 0 saturated carbocycles. The maximum Gasteiger partial charge on any atom is 0.416 e. The third-order valence-electron chi connectivity index (χ3n) is 1.15. The second kappa shape index (κ2) is 5.47. The van der Waals surface area contributed by atoms with Crippen molar-refractivity contribution in [3.8, 4) is 0 Å². The van der Waals surface area contributed by atoms with Crippen LogP contribution in [0.2, 0.25) is 0 Å². The van der Waals surface area contributed by atoms with Crippen molar-refractivity contribution in [2.75, 3.05) is 0 Å². The van der Waals surface area contributed by atoms with Crippen LogP contribution in [-0.4, -0.2) is 30.0 Å². The Balaban J connectivity index is 4.40. The van der Waals surface area contributed by atoms with Gasteiger partial charge in [-0.05, 0) is 0 Å². The molecule has 14 nitrogen and oxygen atoms in total. The molecule has 2 amide bonds. The number of nitrogens with one attached hydrogen (secondary N) is 2. The van der Waals surface area contributed by atoms with E-state index in [4.69, 9.17) is 45.9 Å². The first-order valence-electron chi connectivity index (χ1n) is 4.53. The van der Waals surface area contributed by atoms with Crippen molar-refractivity contribution in [3.05, 3.63) is 0 Å². The Morgan fingerprint density at radius 1 is 0.737 bits per heavy atom. The molecular weight excluding hydrogens is 264 g/mol. The highest BCUT2D eigenvalue weighted by Gasteiger charge is 2.31. The van der Waals surface area contributed by atoms with Gasteiger partial charge in [0.15, 0.2) is 5.91 Å². The van der Waals surface area contributed by atoms with Crippen molar-refractivity contribution >= 4 is 12.2 Å². The molecule has 0 aromatic rings. The number of hydrogen-bond donors (Lipinski definition) is 10. The van der Waals surface area contributed by atoms with Crippen molar-refractivity contribution in [3.63, 3.8) is 0 Å². The minimum absolute atomic E-state index is 1.32. The average Bonchev–Trinajstić information content (AvgIpc) is 1.89. The fourth-order valence-corrected chi connectivity index (χ4v) is 0.727. The molecule has 0 rings (SSSR count). The fourth-order valence-electron chi connectivity index (χ4n) is 0.727. The van der Waals surface area contributed by atoms with E-state index in [0.717, 1.165) is 0 Å². The van der Waals surface area contributed by atoms with Gasteiger partial charge >= 0.3 is 18.2 Å². The number of carbonyl (C=O) groups excluding carboxylic acids is 2. The van der Waals surface area contributed by atoms with E-state index in [1.54, 1.807) is 10.6 Å². The topological polar surface area (TPSA) is 285 Å². The second-order valence-electron chi connectivity index (χ2n) is 3.61. The molecule has 0 radical (unpaired) electrons. The van der Waals surface area contributed by atoms with Gasteiger partial charge in [0.1, 0.15) is 0 Å². The Kier molecular flexibility index (Phi) is 4.95. The zero-order valence-electron chi connectivity index (χ0n) is 9.75. The molecular formula is C5H18N10O4. The quantitative estimate of drug-likeness (QED) is 0.215. The molecule has 0 aromatic heterocycles. The van der Waals surface area contributed by atoms with E-state index in [2.05, 4.69) is 9.47 Å². The van der Waals surface area contributed by atoms with E-state index in [-0.39, 0.29) is 0 Å². The Morgan fingerprint density at radius 3 is 1.53 bits per heavy atom. The van der Waals surface area contributed by atoms with Crippen LogP contribution >= 0.6 is 0 Å². The van der Waals surface area contributed by atoms with Gasteiger partial charge in [-0.15, -0.1) is 0 Å². The van der Waals surface area contributed by atoms with Crippen molar-refractivity contribution in [1.82, 2.24) is 10.6 Å². The van der Waals surface area contributed by atoms with Gasteiger partial charge in [-0.1, -0.05) is 0 Å². The number of amides is 2. The second-order valence-corrected chi connectivity index (χ2v) is 3.61. The molecule has 0 aliphatic heterocycles. The highest BCUT2D eigenvalue weighted by atomic mass is 16.6. The summed E-state index contributed by atoms with van der Waals surface area (Å²) in [5.41, 5.74) is 40.4. The molecule has 0 unspecified atom stereocenters. The fraction of sp³-hybridized carbons (Fsp3) is 0.600. The van der Waals surface area contributed by atoms with Gasteiger partial charge in [-0.25, -0.2) is 9.59 Å². The lowest BCUT2D eigenvalue weighted by atomic mass is 10.7. The zero-order valence-corrected chi connectivity index (χ0v) is 9.75. The summed E-state index contributed by atoms with van der Waals surface area (Å²) in [6, 6.07) is 0. The minimum atomic E-state index is -2.49. The Bertz CT molecular complexity index is 311. The highest BCUT2D eigenvalue weighted by molar-refractivity contribution is 5.71. The summed E-state index contributed by atoms with van der Waals surface area (Å²) in [6.07, 6.45) is -2.68.